The summed E-state index contributed by atoms with van der Waals surface area (Å²) >= 11 is 0. The van der Waals surface area contributed by atoms with Crippen molar-refractivity contribution in [2.24, 2.45) is 5.73 Å². The summed E-state index contributed by atoms with van der Waals surface area (Å²) in [5.74, 6) is 0. The number of hydrogen-bond donors (Lipinski definition) is 1. The Morgan fingerprint density at radius 3 is 2.89 bits per heavy atom. The molecule has 0 saturated carbocycles. The van der Waals surface area contributed by atoms with Gasteiger partial charge in [-0.05, 0) is 37.0 Å². The number of hydrogen-bond acceptors (Lipinski definition) is 3. The Hall–Kier alpha value is -0.910. The minimum Gasteiger partial charge on any atom is -0.329 e. The van der Waals surface area contributed by atoms with Crippen molar-refractivity contribution in [3.8, 4) is 0 Å². The van der Waals surface area contributed by atoms with E-state index in [9.17, 15) is 8.42 Å². The maximum Gasteiger partial charge on any atom is 0.243 e. The van der Waals surface area contributed by atoms with Crippen molar-refractivity contribution in [1.82, 2.24) is 4.31 Å². The zero-order valence-corrected chi connectivity index (χ0v) is 11.5. The first-order chi connectivity index (χ1) is 8.59. The summed E-state index contributed by atoms with van der Waals surface area (Å²) in [4.78, 5) is 0.391. The summed E-state index contributed by atoms with van der Waals surface area (Å²) in [5.41, 5.74) is 6.69. The lowest BCUT2D eigenvalue weighted by molar-refractivity contribution is 0.393. The molecule has 2 rings (SSSR count). The third-order valence-corrected chi connectivity index (χ3v) is 5.46. The van der Waals surface area contributed by atoms with E-state index in [1.54, 1.807) is 22.5 Å². The van der Waals surface area contributed by atoms with Gasteiger partial charge in [0.1, 0.15) is 0 Å². The molecule has 0 amide bonds. The molecule has 1 saturated heterocycles. The highest BCUT2D eigenvalue weighted by Gasteiger charge is 2.34. The lowest BCUT2D eigenvalue weighted by atomic mass is 10.2. The van der Waals surface area contributed by atoms with E-state index in [0.29, 0.717) is 18.0 Å². The SMILES string of the molecule is CCc1cccc(S(=O)(=O)N2CCCC2CN)c1. The molecule has 1 atom stereocenters. The van der Waals surface area contributed by atoms with Gasteiger partial charge in [0.15, 0.2) is 0 Å². The maximum absolute atomic E-state index is 12.5. The lowest BCUT2D eigenvalue weighted by Gasteiger charge is -2.23. The second-order valence-corrected chi connectivity index (χ2v) is 6.54. The predicted molar refractivity (Wildman–Crippen MR) is 71.8 cm³/mol. The van der Waals surface area contributed by atoms with Crippen LogP contribution < -0.4 is 5.73 Å². The molecule has 0 aromatic heterocycles. The largest absolute Gasteiger partial charge is 0.329 e. The molecule has 0 bridgehead atoms. The maximum atomic E-state index is 12.5. The van der Waals surface area contributed by atoms with Crippen LogP contribution in [-0.4, -0.2) is 31.9 Å². The Balaban J connectivity index is 2.35. The molecule has 1 aromatic rings. The van der Waals surface area contributed by atoms with Crippen molar-refractivity contribution in [2.75, 3.05) is 13.1 Å². The van der Waals surface area contributed by atoms with Crippen molar-refractivity contribution < 1.29 is 8.42 Å². The van der Waals surface area contributed by atoms with Crippen LogP contribution in [0.4, 0.5) is 0 Å². The summed E-state index contributed by atoms with van der Waals surface area (Å²) in [6, 6.07) is 7.14. The number of nitrogens with two attached hydrogens (primary N) is 1. The normalized spacial score (nSPS) is 21.3. The summed E-state index contributed by atoms with van der Waals surface area (Å²) < 4.78 is 26.6. The summed E-state index contributed by atoms with van der Waals surface area (Å²) in [7, 11) is -3.38. The molecule has 2 N–H and O–H groups in total. The molecule has 1 aliphatic rings. The first-order valence-electron chi connectivity index (χ1n) is 6.40. The van der Waals surface area contributed by atoms with E-state index in [0.717, 1.165) is 24.8 Å². The Morgan fingerprint density at radius 2 is 2.22 bits per heavy atom. The number of benzene rings is 1. The molecule has 100 valence electrons. The van der Waals surface area contributed by atoms with Gasteiger partial charge >= 0.3 is 0 Å². The molecular formula is C13H20N2O2S. The van der Waals surface area contributed by atoms with Crippen molar-refractivity contribution in [2.45, 2.75) is 37.1 Å². The van der Waals surface area contributed by atoms with Crippen molar-refractivity contribution in [1.29, 1.82) is 0 Å². The van der Waals surface area contributed by atoms with Crippen molar-refractivity contribution in [3.63, 3.8) is 0 Å². The number of nitrogens with zero attached hydrogens (tertiary/aromatic N) is 1. The fourth-order valence-corrected chi connectivity index (χ4v) is 4.20. The van der Waals surface area contributed by atoms with Gasteiger partial charge in [0.05, 0.1) is 4.90 Å². The van der Waals surface area contributed by atoms with Gasteiger partial charge < -0.3 is 5.73 Å². The van der Waals surface area contributed by atoms with Gasteiger partial charge in [-0.25, -0.2) is 8.42 Å². The number of sulfonamides is 1. The first-order valence-corrected chi connectivity index (χ1v) is 7.84. The van der Waals surface area contributed by atoms with E-state index >= 15 is 0 Å². The molecule has 1 aliphatic heterocycles. The Kier molecular flexibility index (Phi) is 4.04. The predicted octanol–water partition coefficient (Wildman–Crippen LogP) is 1.36. The van der Waals surface area contributed by atoms with Crippen LogP contribution in [0.15, 0.2) is 29.2 Å². The first kappa shape index (κ1) is 13.5. The summed E-state index contributed by atoms with van der Waals surface area (Å²) in [5, 5.41) is 0. The molecule has 1 unspecified atom stereocenters. The molecule has 1 aromatic carbocycles. The quantitative estimate of drug-likeness (QED) is 0.897. The minimum absolute atomic E-state index is 0.0414. The van der Waals surface area contributed by atoms with Crippen LogP contribution in [0.25, 0.3) is 0 Å². The number of aryl methyl sites for hydroxylation is 1. The van der Waals surface area contributed by atoms with Gasteiger partial charge in [0.2, 0.25) is 10.0 Å². The van der Waals surface area contributed by atoms with Crippen LogP contribution in [0.3, 0.4) is 0 Å². The van der Waals surface area contributed by atoms with Crippen LogP contribution in [0.5, 0.6) is 0 Å². The van der Waals surface area contributed by atoms with Crippen molar-refractivity contribution in [3.05, 3.63) is 29.8 Å². The highest BCUT2D eigenvalue weighted by atomic mass is 32.2. The van der Waals surface area contributed by atoms with Gasteiger partial charge in [-0.1, -0.05) is 19.1 Å². The minimum atomic E-state index is -3.38. The van der Waals surface area contributed by atoms with Crippen LogP contribution in [0.2, 0.25) is 0 Å². The molecule has 18 heavy (non-hydrogen) atoms. The molecule has 0 spiro atoms. The van der Waals surface area contributed by atoms with E-state index < -0.39 is 10.0 Å². The third-order valence-electron chi connectivity index (χ3n) is 3.51. The van der Waals surface area contributed by atoms with Crippen LogP contribution in [0.1, 0.15) is 25.3 Å². The molecule has 5 heteroatoms. The fraction of sp³-hybridized carbons (Fsp3) is 0.538. The molecule has 1 heterocycles. The van der Waals surface area contributed by atoms with Crippen LogP contribution >= 0.6 is 0 Å². The molecule has 4 nitrogen and oxygen atoms in total. The molecule has 1 fully saturated rings. The standard InChI is InChI=1S/C13H20N2O2S/c1-2-11-5-3-7-13(9-11)18(16,17)15-8-4-6-12(15)10-14/h3,5,7,9,12H,2,4,6,8,10,14H2,1H3. The number of rotatable bonds is 4. The van der Waals surface area contributed by atoms with E-state index in [1.165, 1.54) is 0 Å². The highest BCUT2D eigenvalue weighted by molar-refractivity contribution is 7.89. The van der Waals surface area contributed by atoms with Gasteiger partial charge in [-0.15, -0.1) is 0 Å². The topological polar surface area (TPSA) is 63.4 Å². The van der Waals surface area contributed by atoms with E-state index in [4.69, 9.17) is 5.73 Å². The van der Waals surface area contributed by atoms with E-state index in [1.807, 2.05) is 13.0 Å². The zero-order valence-electron chi connectivity index (χ0n) is 10.7. The Labute approximate surface area is 109 Å². The monoisotopic (exact) mass is 268 g/mol. The van der Waals surface area contributed by atoms with Gasteiger partial charge in [-0.2, -0.15) is 4.31 Å². The molecule has 0 radical (unpaired) electrons. The molecule has 0 aliphatic carbocycles. The second-order valence-electron chi connectivity index (χ2n) is 4.65. The van der Waals surface area contributed by atoms with Crippen LogP contribution in [0, 0.1) is 0 Å². The van der Waals surface area contributed by atoms with E-state index in [-0.39, 0.29) is 6.04 Å². The summed E-state index contributed by atoms with van der Waals surface area (Å²) in [6.45, 7) is 3.00. The lowest BCUT2D eigenvalue weighted by Crippen LogP contribution is -2.39. The van der Waals surface area contributed by atoms with E-state index in [2.05, 4.69) is 0 Å². The fourth-order valence-electron chi connectivity index (χ4n) is 2.42. The van der Waals surface area contributed by atoms with Crippen LogP contribution in [-0.2, 0) is 16.4 Å². The smallest absolute Gasteiger partial charge is 0.243 e. The van der Waals surface area contributed by atoms with Gasteiger partial charge in [-0.3, -0.25) is 0 Å². The summed E-state index contributed by atoms with van der Waals surface area (Å²) in [6.07, 6.45) is 2.60. The third kappa shape index (κ3) is 2.43. The highest BCUT2D eigenvalue weighted by Crippen LogP contribution is 2.25. The Bertz CT molecular complexity index is 513. The van der Waals surface area contributed by atoms with Gasteiger partial charge in [0, 0.05) is 19.1 Å². The second kappa shape index (κ2) is 5.38. The average Bonchev–Trinajstić information content (AvgIpc) is 2.88. The van der Waals surface area contributed by atoms with Crippen molar-refractivity contribution >= 4 is 10.0 Å². The van der Waals surface area contributed by atoms with Gasteiger partial charge in [0.25, 0.3) is 0 Å². The zero-order chi connectivity index (χ0) is 13.2. The Morgan fingerprint density at radius 1 is 1.44 bits per heavy atom. The molecular weight excluding hydrogens is 248 g/mol. The average molecular weight is 268 g/mol.